The smallest absolute Gasteiger partial charge is 0.337 e. The highest BCUT2D eigenvalue weighted by atomic mass is 19.1. The van der Waals surface area contributed by atoms with E-state index in [4.69, 9.17) is 28.8 Å². The summed E-state index contributed by atoms with van der Waals surface area (Å²) in [6.45, 7) is 3.78. The number of hydrogen-bond donors (Lipinski definition) is 2. The van der Waals surface area contributed by atoms with Gasteiger partial charge in [-0.05, 0) is 54.8 Å². The molecule has 0 aromatic heterocycles. The zero-order valence-electron chi connectivity index (χ0n) is 22.3. The molecule has 0 saturated heterocycles. The Kier molecular flexibility index (Phi) is 12.4. The van der Waals surface area contributed by atoms with Gasteiger partial charge in [-0.3, -0.25) is 4.79 Å². The Labute approximate surface area is 227 Å². The summed E-state index contributed by atoms with van der Waals surface area (Å²) in [5.74, 6) is -1.56. The van der Waals surface area contributed by atoms with Crippen molar-refractivity contribution in [3.8, 4) is 0 Å². The summed E-state index contributed by atoms with van der Waals surface area (Å²) in [5, 5.41) is 11.6. The number of benzene rings is 2. The Balaban J connectivity index is 1.79. The Morgan fingerprint density at radius 1 is 1.00 bits per heavy atom. The molecule has 2 N–H and O–H groups in total. The molecule has 0 bridgehead atoms. The monoisotopic (exact) mass is 545 g/mol. The summed E-state index contributed by atoms with van der Waals surface area (Å²) in [6.07, 6.45) is 1.61. The lowest BCUT2D eigenvalue weighted by Crippen LogP contribution is -2.39. The van der Waals surface area contributed by atoms with Crippen molar-refractivity contribution in [2.24, 2.45) is 5.92 Å². The molecule has 1 heterocycles. The number of carbonyl (C=O) groups excluding carboxylic acids is 2. The molecule has 1 amide bonds. The first kappa shape index (κ1) is 30.2. The van der Waals surface area contributed by atoms with E-state index in [0.29, 0.717) is 38.4 Å². The third-order valence-corrected chi connectivity index (χ3v) is 6.23. The highest BCUT2D eigenvalue weighted by Crippen LogP contribution is 2.39. The minimum absolute atomic E-state index is 0.0436. The molecule has 0 unspecified atom stereocenters. The number of nitrogens with one attached hydrogen (secondary N) is 1. The van der Waals surface area contributed by atoms with Crippen LogP contribution in [0.4, 0.5) is 4.39 Å². The fraction of sp³-hybridized carbons (Fsp3) is 0.448. The number of methoxy groups -OCH3 is 1. The number of carbonyl (C=O) groups is 2. The number of ether oxygens (including phenoxy) is 5. The average molecular weight is 546 g/mol. The summed E-state index contributed by atoms with van der Waals surface area (Å²) < 4.78 is 40.9. The fourth-order valence-electron chi connectivity index (χ4n) is 4.25. The van der Waals surface area contributed by atoms with Crippen LogP contribution in [0.1, 0.15) is 40.7 Å². The van der Waals surface area contributed by atoms with E-state index in [0.717, 1.165) is 11.1 Å². The van der Waals surface area contributed by atoms with Gasteiger partial charge >= 0.3 is 5.97 Å². The largest absolute Gasteiger partial charge is 0.465 e. The molecule has 1 aliphatic rings. The van der Waals surface area contributed by atoms with Gasteiger partial charge in [-0.25, -0.2) is 9.18 Å². The lowest BCUT2D eigenvalue weighted by molar-refractivity contribution is -0.168. The second-order valence-corrected chi connectivity index (χ2v) is 8.82. The van der Waals surface area contributed by atoms with Gasteiger partial charge in [0, 0.05) is 31.6 Å². The van der Waals surface area contributed by atoms with Crippen molar-refractivity contribution in [2.45, 2.75) is 32.1 Å². The van der Waals surface area contributed by atoms with Crippen molar-refractivity contribution in [3.63, 3.8) is 0 Å². The lowest BCUT2D eigenvalue weighted by atomic mass is 9.81. The summed E-state index contributed by atoms with van der Waals surface area (Å²) in [7, 11) is 1.33. The van der Waals surface area contributed by atoms with Crippen LogP contribution in [0.25, 0.3) is 0 Å². The zero-order valence-corrected chi connectivity index (χ0v) is 22.3. The molecule has 10 heteroatoms. The molecule has 3 rings (SSSR count). The van der Waals surface area contributed by atoms with E-state index in [2.05, 4.69) is 5.32 Å². The van der Waals surface area contributed by atoms with Gasteiger partial charge in [-0.1, -0.05) is 24.3 Å². The van der Waals surface area contributed by atoms with Crippen LogP contribution >= 0.6 is 0 Å². The molecule has 3 atom stereocenters. The van der Waals surface area contributed by atoms with E-state index >= 15 is 0 Å². The molecule has 0 fully saturated rings. The highest BCUT2D eigenvalue weighted by molar-refractivity contribution is 5.92. The highest BCUT2D eigenvalue weighted by Gasteiger charge is 2.38. The fourth-order valence-corrected chi connectivity index (χ4v) is 4.25. The number of esters is 1. The van der Waals surface area contributed by atoms with E-state index in [-0.39, 0.29) is 43.2 Å². The number of aliphatic hydroxyl groups is 1. The van der Waals surface area contributed by atoms with Crippen LogP contribution in [0.2, 0.25) is 0 Å². The first-order chi connectivity index (χ1) is 19.0. The number of hydrogen-bond acceptors (Lipinski definition) is 8. The second-order valence-electron chi connectivity index (χ2n) is 8.82. The van der Waals surface area contributed by atoms with E-state index in [1.165, 1.54) is 19.2 Å². The van der Waals surface area contributed by atoms with Crippen LogP contribution < -0.4 is 5.32 Å². The van der Waals surface area contributed by atoms with Crippen LogP contribution in [0.15, 0.2) is 60.4 Å². The number of halogens is 1. The third kappa shape index (κ3) is 9.14. The van der Waals surface area contributed by atoms with Gasteiger partial charge in [0.2, 0.25) is 6.29 Å². The molecule has 212 valence electrons. The molecule has 9 nitrogen and oxygen atoms in total. The van der Waals surface area contributed by atoms with Crippen LogP contribution in [0.3, 0.4) is 0 Å². The molecule has 39 heavy (non-hydrogen) atoms. The van der Waals surface area contributed by atoms with Crippen LogP contribution in [0.5, 0.6) is 0 Å². The van der Waals surface area contributed by atoms with E-state index in [1.807, 2.05) is 19.1 Å². The number of rotatable bonds is 15. The summed E-state index contributed by atoms with van der Waals surface area (Å²) in [4.78, 5) is 25.0. The quantitative estimate of drug-likeness (QED) is 0.259. The molecule has 0 aliphatic carbocycles. The normalized spacial score (nSPS) is 18.7. The van der Waals surface area contributed by atoms with Gasteiger partial charge in [0.05, 0.1) is 39.1 Å². The molecule has 1 aliphatic heterocycles. The Morgan fingerprint density at radius 2 is 1.69 bits per heavy atom. The summed E-state index contributed by atoms with van der Waals surface area (Å²) in [5.41, 5.74) is 2.03. The number of amides is 1. The molecule has 0 spiro atoms. The maximum absolute atomic E-state index is 13.2. The number of aliphatic hydroxyl groups excluding tert-OH is 1. The predicted molar refractivity (Wildman–Crippen MR) is 140 cm³/mol. The first-order valence-corrected chi connectivity index (χ1v) is 12.9. The van der Waals surface area contributed by atoms with Crippen molar-refractivity contribution in [3.05, 3.63) is 82.9 Å². The maximum Gasteiger partial charge on any atom is 0.337 e. The van der Waals surface area contributed by atoms with Crippen LogP contribution in [-0.2, 0) is 35.0 Å². The average Bonchev–Trinajstić information content (AvgIpc) is 2.96. The Hall–Kier alpha value is -3.31. The topological polar surface area (TPSA) is 113 Å². The molecule has 0 saturated carbocycles. The minimum atomic E-state index is -0.717. The lowest BCUT2D eigenvalue weighted by Gasteiger charge is -2.37. The van der Waals surface area contributed by atoms with Crippen molar-refractivity contribution in [1.82, 2.24) is 5.32 Å². The Morgan fingerprint density at radius 3 is 2.33 bits per heavy atom. The van der Waals surface area contributed by atoms with Crippen molar-refractivity contribution < 1.29 is 42.8 Å². The first-order valence-electron chi connectivity index (χ1n) is 12.9. The van der Waals surface area contributed by atoms with Gasteiger partial charge in [0.25, 0.3) is 5.91 Å². The molecular formula is C29H36FNO8. The minimum Gasteiger partial charge on any atom is -0.465 e. The summed E-state index contributed by atoms with van der Waals surface area (Å²) >= 11 is 0. The van der Waals surface area contributed by atoms with Crippen LogP contribution in [0, 0.1) is 11.7 Å². The zero-order chi connectivity index (χ0) is 28.0. The van der Waals surface area contributed by atoms with Crippen LogP contribution in [-0.4, -0.2) is 70.0 Å². The van der Waals surface area contributed by atoms with Gasteiger partial charge in [0.1, 0.15) is 5.82 Å². The van der Waals surface area contributed by atoms with Crippen molar-refractivity contribution in [1.29, 1.82) is 0 Å². The predicted octanol–water partition coefficient (Wildman–Crippen LogP) is 3.32. The standard InChI is InChI=1S/C29H36FNO8/c1-3-38-29-24(12-14-36-16-17-37-15-13-32)25(21-6-8-22(9-7-21)28(34)35-2)18-26(39-29)27(33)31-19-20-4-10-23(30)11-5-20/h4-11,18,24-25,29,32H,3,12-17,19H2,1-2H3,(H,31,33)/t24-,25+,29+/m1/s1. The van der Waals surface area contributed by atoms with Crippen molar-refractivity contribution >= 4 is 11.9 Å². The van der Waals surface area contributed by atoms with Gasteiger partial charge < -0.3 is 34.1 Å². The molecule has 0 radical (unpaired) electrons. The van der Waals surface area contributed by atoms with Gasteiger partial charge in [-0.15, -0.1) is 0 Å². The third-order valence-electron chi connectivity index (χ3n) is 6.23. The maximum atomic E-state index is 13.2. The SMILES string of the molecule is CCO[C@H]1OC(C(=O)NCc2ccc(F)cc2)=C[C@@H](c2ccc(C(=O)OC)cc2)[C@H]1CCOCCOCCO. The second kappa shape index (κ2) is 15.9. The van der Waals surface area contributed by atoms with Gasteiger partial charge in [0.15, 0.2) is 5.76 Å². The number of allylic oxidation sites excluding steroid dienone is 1. The molecule has 2 aromatic rings. The van der Waals surface area contributed by atoms with E-state index in [9.17, 15) is 14.0 Å². The Bertz CT molecular complexity index is 1070. The molecular weight excluding hydrogens is 509 g/mol. The van der Waals surface area contributed by atoms with E-state index < -0.39 is 18.2 Å². The van der Waals surface area contributed by atoms with Gasteiger partial charge in [-0.2, -0.15) is 0 Å². The molecule has 2 aromatic carbocycles. The summed E-state index contributed by atoms with van der Waals surface area (Å²) in [6, 6.07) is 12.9. The van der Waals surface area contributed by atoms with E-state index in [1.54, 1.807) is 30.3 Å². The van der Waals surface area contributed by atoms with Crippen molar-refractivity contribution in [2.75, 3.05) is 46.8 Å².